The number of hydrogen-bond donors (Lipinski definition) is 2. The van der Waals surface area contributed by atoms with Crippen LogP contribution in [0.1, 0.15) is 6.42 Å². The summed E-state index contributed by atoms with van der Waals surface area (Å²) in [7, 11) is 1.59. The van der Waals surface area contributed by atoms with Gasteiger partial charge in [0.2, 0.25) is 5.91 Å². The first kappa shape index (κ1) is 10.8. The van der Waals surface area contributed by atoms with Crippen LogP contribution >= 0.6 is 0 Å². The van der Waals surface area contributed by atoms with Crippen molar-refractivity contribution in [3.63, 3.8) is 0 Å². The van der Waals surface area contributed by atoms with Gasteiger partial charge in [0, 0.05) is 13.5 Å². The topological polar surface area (TPSA) is 84.7 Å². The van der Waals surface area contributed by atoms with E-state index in [1.165, 1.54) is 0 Å². The van der Waals surface area contributed by atoms with Gasteiger partial charge in [-0.2, -0.15) is 0 Å². The summed E-state index contributed by atoms with van der Waals surface area (Å²) >= 11 is 0. The molecule has 1 aliphatic heterocycles. The Labute approximate surface area is 82.4 Å². The number of urea groups is 1. The van der Waals surface area contributed by atoms with Crippen LogP contribution in [-0.4, -0.2) is 49.7 Å². The summed E-state index contributed by atoms with van der Waals surface area (Å²) in [6.45, 7) is 1.50. The Morgan fingerprint density at radius 1 is 1.57 bits per heavy atom. The summed E-state index contributed by atoms with van der Waals surface area (Å²) in [4.78, 5) is 23.0. The molecule has 6 heteroatoms. The number of ether oxygens (including phenoxy) is 1. The van der Waals surface area contributed by atoms with Crippen molar-refractivity contribution in [1.29, 1.82) is 0 Å². The summed E-state index contributed by atoms with van der Waals surface area (Å²) in [6, 6.07) is -0.0975. The third kappa shape index (κ3) is 2.88. The molecular weight excluding hydrogens is 186 g/mol. The van der Waals surface area contributed by atoms with Crippen LogP contribution in [0.4, 0.5) is 4.79 Å². The fraction of sp³-hybridized carbons (Fsp3) is 0.750. The molecule has 0 atom stereocenters. The second-order valence-corrected chi connectivity index (χ2v) is 3.17. The molecule has 1 aliphatic rings. The smallest absolute Gasteiger partial charge is 0.317 e. The fourth-order valence-corrected chi connectivity index (χ4v) is 1.19. The Morgan fingerprint density at radius 3 is 2.71 bits per heavy atom. The lowest BCUT2D eigenvalue weighted by atomic mass is 10.2. The molecule has 3 amide bonds. The Bertz CT molecular complexity index is 226. The van der Waals surface area contributed by atoms with Gasteiger partial charge >= 0.3 is 6.03 Å². The fourth-order valence-electron chi connectivity index (χ4n) is 1.19. The molecule has 0 spiro atoms. The van der Waals surface area contributed by atoms with Gasteiger partial charge in [0.25, 0.3) is 0 Å². The number of likely N-dealkylation sites (tertiary alicyclic amines) is 1. The molecule has 14 heavy (non-hydrogen) atoms. The summed E-state index contributed by atoms with van der Waals surface area (Å²) in [5.74, 6) is -0.368. The van der Waals surface area contributed by atoms with Crippen molar-refractivity contribution in [2.45, 2.75) is 12.5 Å². The van der Waals surface area contributed by atoms with Gasteiger partial charge in [-0.3, -0.25) is 4.79 Å². The molecule has 6 nitrogen and oxygen atoms in total. The Balaban J connectivity index is 2.04. The van der Waals surface area contributed by atoms with Gasteiger partial charge < -0.3 is 20.7 Å². The van der Waals surface area contributed by atoms with Gasteiger partial charge in [-0.05, 0) is 0 Å². The predicted molar refractivity (Wildman–Crippen MR) is 49.6 cm³/mol. The Hall–Kier alpha value is -1.30. The summed E-state index contributed by atoms with van der Waals surface area (Å²) in [6.07, 6.45) is 0.280. The zero-order valence-corrected chi connectivity index (χ0v) is 8.16. The van der Waals surface area contributed by atoms with Crippen molar-refractivity contribution in [2.24, 2.45) is 5.73 Å². The van der Waals surface area contributed by atoms with E-state index in [0.717, 1.165) is 0 Å². The molecule has 1 heterocycles. The van der Waals surface area contributed by atoms with E-state index in [2.05, 4.69) is 5.32 Å². The number of carbonyl (C=O) groups excluding carboxylic acids is 2. The zero-order valence-electron chi connectivity index (χ0n) is 8.16. The van der Waals surface area contributed by atoms with E-state index in [1.807, 2.05) is 0 Å². The van der Waals surface area contributed by atoms with Gasteiger partial charge in [-0.25, -0.2) is 4.79 Å². The molecule has 0 bridgehead atoms. The SMILES string of the molecule is CNC(=O)N1CC(OCCC(N)=O)C1. The lowest BCUT2D eigenvalue weighted by Crippen LogP contribution is -2.57. The van der Waals surface area contributed by atoms with E-state index in [1.54, 1.807) is 11.9 Å². The van der Waals surface area contributed by atoms with Gasteiger partial charge in [-0.1, -0.05) is 0 Å². The summed E-state index contributed by atoms with van der Waals surface area (Å²) < 4.78 is 5.29. The lowest BCUT2D eigenvalue weighted by molar-refractivity contribution is -0.120. The maximum atomic E-state index is 11.0. The van der Waals surface area contributed by atoms with E-state index in [9.17, 15) is 9.59 Å². The average Bonchev–Trinajstić information content (AvgIpc) is 2.07. The van der Waals surface area contributed by atoms with E-state index in [-0.39, 0.29) is 24.5 Å². The standard InChI is InChI=1S/C8H15N3O3/c1-10-8(13)11-4-6(5-11)14-3-2-7(9)12/h6H,2-5H2,1H3,(H2,9,12)(H,10,13). The van der Waals surface area contributed by atoms with Crippen molar-refractivity contribution in [1.82, 2.24) is 10.2 Å². The first-order valence-corrected chi connectivity index (χ1v) is 4.50. The van der Waals surface area contributed by atoms with Crippen molar-refractivity contribution in [3.05, 3.63) is 0 Å². The van der Waals surface area contributed by atoms with Gasteiger partial charge in [0.15, 0.2) is 0 Å². The van der Waals surface area contributed by atoms with Crippen LogP contribution in [-0.2, 0) is 9.53 Å². The van der Waals surface area contributed by atoms with E-state index in [0.29, 0.717) is 19.7 Å². The highest BCUT2D eigenvalue weighted by Gasteiger charge is 2.30. The molecule has 0 aromatic carbocycles. The van der Waals surface area contributed by atoms with Crippen molar-refractivity contribution in [2.75, 3.05) is 26.7 Å². The minimum absolute atomic E-state index is 0.0478. The number of rotatable bonds is 4. The second kappa shape index (κ2) is 4.80. The van der Waals surface area contributed by atoms with Gasteiger partial charge in [0.1, 0.15) is 0 Å². The molecule has 0 unspecified atom stereocenters. The van der Waals surface area contributed by atoms with Gasteiger partial charge in [-0.15, -0.1) is 0 Å². The van der Waals surface area contributed by atoms with Crippen LogP contribution in [0, 0.1) is 0 Å². The van der Waals surface area contributed by atoms with E-state index in [4.69, 9.17) is 10.5 Å². The largest absolute Gasteiger partial charge is 0.374 e. The monoisotopic (exact) mass is 201 g/mol. The van der Waals surface area contributed by atoms with Crippen LogP contribution in [0.15, 0.2) is 0 Å². The molecular formula is C8H15N3O3. The van der Waals surface area contributed by atoms with Crippen LogP contribution < -0.4 is 11.1 Å². The highest BCUT2D eigenvalue weighted by Crippen LogP contribution is 2.11. The summed E-state index contributed by atoms with van der Waals surface area (Å²) in [5.41, 5.74) is 4.94. The quantitative estimate of drug-likeness (QED) is 0.605. The predicted octanol–water partition coefficient (Wildman–Crippen LogP) is -1.10. The van der Waals surface area contributed by atoms with Crippen molar-refractivity contribution in [3.8, 4) is 0 Å². The van der Waals surface area contributed by atoms with E-state index >= 15 is 0 Å². The molecule has 0 aromatic rings. The molecule has 1 fully saturated rings. The maximum absolute atomic E-state index is 11.0. The van der Waals surface area contributed by atoms with E-state index < -0.39 is 0 Å². The number of nitrogens with two attached hydrogens (primary N) is 1. The van der Waals surface area contributed by atoms with Crippen LogP contribution in [0.25, 0.3) is 0 Å². The number of amides is 3. The molecule has 80 valence electrons. The minimum atomic E-state index is -0.368. The zero-order chi connectivity index (χ0) is 10.6. The molecule has 1 saturated heterocycles. The summed E-state index contributed by atoms with van der Waals surface area (Å²) in [5, 5.41) is 2.52. The number of carbonyl (C=O) groups is 2. The Kier molecular flexibility index (Phi) is 3.70. The maximum Gasteiger partial charge on any atom is 0.317 e. The normalized spacial score (nSPS) is 16.2. The molecule has 0 aliphatic carbocycles. The average molecular weight is 201 g/mol. The van der Waals surface area contributed by atoms with Crippen LogP contribution in [0.5, 0.6) is 0 Å². The molecule has 0 aromatic heterocycles. The van der Waals surface area contributed by atoms with Crippen LogP contribution in [0.3, 0.4) is 0 Å². The highest BCUT2D eigenvalue weighted by molar-refractivity contribution is 5.75. The van der Waals surface area contributed by atoms with Gasteiger partial charge in [0.05, 0.1) is 25.8 Å². The second-order valence-electron chi connectivity index (χ2n) is 3.17. The number of hydrogen-bond acceptors (Lipinski definition) is 3. The number of primary amides is 1. The molecule has 3 N–H and O–H groups in total. The lowest BCUT2D eigenvalue weighted by Gasteiger charge is -2.38. The first-order valence-electron chi connectivity index (χ1n) is 4.50. The molecule has 0 radical (unpaired) electrons. The number of nitrogens with zero attached hydrogens (tertiary/aromatic N) is 1. The number of nitrogens with one attached hydrogen (secondary N) is 1. The third-order valence-corrected chi connectivity index (χ3v) is 2.05. The molecule has 0 saturated carbocycles. The Morgan fingerprint density at radius 2 is 2.21 bits per heavy atom. The highest BCUT2D eigenvalue weighted by atomic mass is 16.5. The van der Waals surface area contributed by atoms with Crippen molar-refractivity contribution < 1.29 is 14.3 Å². The van der Waals surface area contributed by atoms with Crippen molar-refractivity contribution >= 4 is 11.9 Å². The third-order valence-electron chi connectivity index (χ3n) is 2.05. The van der Waals surface area contributed by atoms with Crippen LogP contribution in [0.2, 0.25) is 0 Å². The molecule has 1 rings (SSSR count). The minimum Gasteiger partial charge on any atom is -0.374 e. The first-order chi connectivity index (χ1) is 6.63.